The van der Waals surface area contributed by atoms with Crippen LogP contribution in [0.25, 0.3) is 0 Å². The van der Waals surface area contributed by atoms with Gasteiger partial charge in [0.1, 0.15) is 0 Å². The number of carbonyl (C=O) groups excluding carboxylic acids is 1. The number of carbonyl (C=O) groups is 1. The highest BCUT2D eigenvalue weighted by Gasteiger charge is 2.20. The summed E-state index contributed by atoms with van der Waals surface area (Å²) >= 11 is 0. The number of nitrogens with one attached hydrogen (secondary N) is 1. The molecule has 0 bridgehead atoms. The van der Waals surface area contributed by atoms with E-state index < -0.39 is 10.0 Å². The fraction of sp³-hybridized carbons (Fsp3) is 0.409. The number of benzene rings is 2. The van der Waals surface area contributed by atoms with E-state index in [1.54, 1.807) is 24.3 Å². The van der Waals surface area contributed by atoms with Gasteiger partial charge in [-0.25, -0.2) is 8.42 Å². The molecule has 0 aromatic heterocycles. The van der Waals surface area contributed by atoms with E-state index in [1.165, 1.54) is 10.6 Å². The smallest absolute Gasteiger partial charge is 0.251 e. The monoisotopic (exact) mass is 402 g/mol. The Hall–Kier alpha value is -2.34. The maximum atomic E-state index is 12.4. The summed E-state index contributed by atoms with van der Waals surface area (Å²) in [5.41, 5.74) is 3.96. The fourth-order valence-corrected chi connectivity index (χ4v) is 3.69. The second-order valence-electron chi connectivity index (χ2n) is 7.76. The number of rotatable bonds is 7. The molecular formula is C22H30N2O3S. The molecule has 1 amide bonds. The molecule has 5 nitrogen and oxygen atoms in total. The second-order valence-corrected chi connectivity index (χ2v) is 9.67. The molecule has 0 heterocycles. The average molecular weight is 403 g/mol. The number of hydrogen-bond donors (Lipinski definition) is 1. The Morgan fingerprint density at radius 2 is 1.64 bits per heavy atom. The van der Waals surface area contributed by atoms with Gasteiger partial charge in [0, 0.05) is 11.6 Å². The van der Waals surface area contributed by atoms with E-state index in [4.69, 9.17) is 0 Å². The lowest BCUT2D eigenvalue weighted by atomic mass is 10.1. The molecule has 1 atom stereocenters. The van der Waals surface area contributed by atoms with Crippen molar-refractivity contribution in [2.24, 2.45) is 5.92 Å². The van der Waals surface area contributed by atoms with Gasteiger partial charge in [0.25, 0.3) is 5.91 Å². The van der Waals surface area contributed by atoms with Crippen molar-refractivity contribution in [3.05, 3.63) is 64.7 Å². The molecule has 0 aliphatic carbocycles. The Bertz CT molecular complexity index is 935. The molecule has 0 aliphatic rings. The zero-order chi connectivity index (χ0) is 21.1. The largest absolute Gasteiger partial charge is 0.349 e. The van der Waals surface area contributed by atoms with Crippen LogP contribution in [0.4, 0.5) is 5.69 Å². The first-order valence-electron chi connectivity index (χ1n) is 9.44. The highest BCUT2D eigenvalue weighted by molar-refractivity contribution is 7.92. The third-order valence-corrected chi connectivity index (χ3v) is 6.06. The van der Waals surface area contributed by atoms with Crippen LogP contribution in [-0.2, 0) is 16.6 Å². The normalized spacial score (nSPS) is 12.7. The maximum Gasteiger partial charge on any atom is 0.251 e. The zero-order valence-electron chi connectivity index (χ0n) is 17.5. The lowest BCUT2D eigenvalue weighted by Crippen LogP contribution is -2.36. The van der Waals surface area contributed by atoms with Crippen LogP contribution in [0.15, 0.2) is 42.5 Å². The number of aryl methyl sites for hydroxylation is 2. The summed E-state index contributed by atoms with van der Waals surface area (Å²) < 4.78 is 26.3. The molecule has 1 unspecified atom stereocenters. The Morgan fingerprint density at radius 1 is 1.04 bits per heavy atom. The lowest BCUT2D eigenvalue weighted by molar-refractivity contribution is 0.0930. The molecule has 0 fully saturated rings. The molecule has 1 N–H and O–H groups in total. The number of hydrogen-bond acceptors (Lipinski definition) is 3. The first kappa shape index (κ1) is 22.0. The zero-order valence-corrected chi connectivity index (χ0v) is 18.3. The van der Waals surface area contributed by atoms with Crippen molar-refractivity contribution >= 4 is 21.6 Å². The van der Waals surface area contributed by atoms with Gasteiger partial charge >= 0.3 is 0 Å². The van der Waals surface area contributed by atoms with Gasteiger partial charge in [0.15, 0.2) is 0 Å². The van der Waals surface area contributed by atoms with Crippen LogP contribution in [0.3, 0.4) is 0 Å². The van der Waals surface area contributed by atoms with Crippen molar-refractivity contribution in [2.75, 3.05) is 10.6 Å². The molecule has 0 radical (unpaired) electrons. The summed E-state index contributed by atoms with van der Waals surface area (Å²) in [5.74, 6) is 0.228. The first-order valence-corrected chi connectivity index (χ1v) is 11.3. The quantitative estimate of drug-likeness (QED) is 0.760. The van der Waals surface area contributed by atoms with Gasteiger partial charge in [0.2, 0.25) is 10.0 Å². The van der Waals surface area contributed by atoms with Gasteiger partial charge in [0.05, 0.1) is 18.5 Å². The summed E-state index contributed by atoms with van der Waals surface area (Å²) in [5, 5.41) is 2.97. The van der Waals surface area contributed by atoms with Gasteiger partial charge < -0.3 is 5.32 Å². The van der Waals surface area contributed by atoms with Crippen molar-refractivity contribution in [1.82, 2.24) is 5.32 Å². The minimum Gasteiger partial charge on any atom is -0.349 e. The number of anilines is 1. The average Bonchev–Trinajstić information content (AvgIpc) is 2.61. The van der Waals surface area contributed by atoms with Crippen LogP contribution in [-0.4, -0.2) is 26.6 Å². The molecule has 6 heteroatoms. The Labute approximate surface area is 168 Å². The molecule has 0 spiro atoms. The van der Waals surface area contributed by atoms with Crippen LogP contribution in [0.1, 0.15) is 47.8 Å². The summed E-state index contributed by atoms with van der Waals surface area (Å²) in [6.07, 6.45) is 1.21. The van der Waals surface area contributed by atoms with Crippen molar-refractivity contribution in [2.45, 2.75) is 47.2 Å². The predicted octanol–water partition coefficient (Wildman–Crippen LogP) is 4.04. The first-order chi connectivity index (χ1) is 13.0. The van der Waals surface area contributed by atoms with E-state index >= 15 is 0 Å². The molecule has 0 saturated heterocycles. The minimum atomic E-state index is -3.45. The molecule has 2 aromatic carbocycles. The second kappa shape index (κ2) is 8.78. The number of sulfonamides is 1. The molecule has 28 heavy (non-hydrogen) atoms. The molecule has 0 saturated carbocycles. The standard InChI is InChI=1S/C22H30N2O3S/c1-15(2)18(5)23-22(25)20-11-9-19(10-12-20)14-24(28(6,26)27)21-13-16(3)7-8-17(21)4/h7-13,15,18H,14H2,1-6H3,(H,23,25). The Morgan fingerprint density at radius 3 is 2.18 bits per heavy atom. The van der Waals surface area contributed by atoms with Crippen molar-refractivity contribution in [1.29, 1.82) is 0 Å². The van der Waals surface area contributed by atoms with Gasteiger partial charge in [-0.2, -0.15) is 0 Å². The highest BCUT2D eigenvalue weighted by Crippen LogP contribution is 2.26. The molecule has 2 aromatic rings. The third kappa shape index (κ3) is 5.58. The Balaban J connectivity index is 2.24. The number of nitrogens with zero attached hydrogens (tertiary/aromatic N) is 1. The van der Waals surface area contributed by atoms with Gasteiger partial charge in [-0.15, -0.1) is 0 Å². The van der Waals surface area contributed by atoms with E-state index in [0.29, 0.717) is 17.2 Å². The van der Waals surface area contributed by atoms with Gasteiger partial charge in [-0.3, -0.25) is 9.10 Å². The topological polar surface area (TPSA) is 66.5 Å². The van der Waals surface area contributed by atoms with E-state index in [9.17, 15) is 13.2 Å². The molecule has 152 valence electrons. The van der Waals surface area contributed by atoms with Crippen molar-refractivity contribution in [3.63, 3.8) is 0 Å². The van der Waals surface area contributed by atoms with Gasteiger partial charge in [-0.05, 0) is 61.6 Å². The Kier molecular flexibility index (Phi) is 6.88. The summed E-state index contributed by atoms with van der Waals surface area (Å²) in [6, 6.07) is 12.9. The maximum absolute atomic E-state index is 12.4. The van der Waals surface area contributed by atoms with Crippen molar-refractivity contribution in [3.8, 4) is 0 Å². The van der Waals surface area contributed by atoms with E-state index in [-0.39, 0.29) is 18.5 Å². The third-order valence-electron chi connectivity index (χ3n) is 4.93. The lowest BCUT2D eigenvalue weighted by Gasteiger charge is -2.25. The van der Waals surface area contributed by atoms with E-state index in [2.05, 4.69) is 19.2 Å². The van der Waals surface area contributed by atoms with Crippen molar-refractivity contribution < 1.29 is 13.2 Å². The van der Waals surface area contributed by atoms with Crippen LogP contribution >= 0.6 is 0 Å². The van der Waals surface area contributed by atoms with Crippen LogP contribution in [0, 0.1) is 19.8 Å². The highest BCUT2D eigenvalue weighted by atomic mass is 32.2. The molecular weight excluding hydrogens is 372 g/mol. The van der Waals surface area contributed by atoms with Gasteiger partial charge in [-0.1, -0.05) is 38.1 Å². The van der Waals surface area contributed by atoms with E-state index in [0.717, 1.165) is 16.7 Å². The number of amides is 1. The summed E-state index contributed by atoms with van der Waals surface area (Å²) in [6.45, 7) is 10.1. The SMILES string of the molecule is Cc1ccc(C)c(N(Cc2ccc(C(=O)NC(C)C(C)C)cc2)S(C)(=O)=O)c1. The minimum absolute atomic E-state index is 0.0807. The molecule has 2 rings (SSSR count). The van der Waals surface area contributed by atoms with E-state index in [1.807, 2.05) is 39.0 Å². The van der Waals surface area contributed by atoms with Crippen LogP contribution in [0.2, 0.25) is 0 Å². The predicted molar refractivity (Wildman–Crippen MR) is 115 cm³/mol. The fourth-order valence-electron chi connectivity index (χ4n) is 2.75. The van der Waals surface area contributed by atoms with Crippen LogP contribution < -0.4 is 9.62 Å². The van der Waals surface area contributed by atoms with Crippen LogP contribution in [0.5, 0.6) is 0 Å². The molecule has 0 aliphatic heterocycles. The summed E-state index contributed by atoms with van der Waals surface area (Å²) in [4.78, 5) is 12.3. The summed E-state index contributed by atoms with van der Waals surface area (Å²) in [7, 11) is -3.45.